The van der Waals surface area contributed by atoms with Crippen LogP contribution in [0, 0.1) is 0 Å². The Morgan fingerprint density at radius 2 is 2.16 bits per heavy atom. The van der Waals surface area contributed by atoms with Gasteiger partial charge in [-0.2, -0.15) is 0 Å². The number of carbonyl (C=O) groups is 1. The maximum absolute atomic E-state index is 12.1. The van der Waals surface area contributed by atoms with Crippen LogP contribution in [0.5, 0.6) is 0 Å². The van der Waals surface area contributed by atoms with Crippen LogP contribution in [0.1, 0.15) is 11.6 Å². The minimum atomic E-state index is -0.437. The maximum Gasteiger partial charge on any atom is 0.327 e. The van der Waals surface area contributed by atoms with Crippen LogP contribution < -0.4 is 5.32 Å². The highest BCUT2D eigenvalue weighted by atomic mass is 79.9. The molecule has 6 heteroatoms. The van der Waals surface area contributed by atoms with Crippen LogP contribution in [0.25, 0.3) is 0 Å². The summed E-state index contributed by atoms with van der Waals surface area (Å²) >= 11 is 9.64. The number of esters is 1. The highest BCUT2D eigenvalue weighted by molar-refractivity contribution is 9.10. The molecule has 0 bridgehead atoms. The Labute approximate surface area is 126 Å². The number of methoxy groups -OCH3 is 1. The van der Waals surface area contributed by atoms with Crippen LogP contribution in [-0.2, 0) is 9.53 Å². The molecule has 1 aromatic rings. The molecule has 19 heavy (non-hydrogen) atoms. The second-order valence-electron chi connectivity index (χ2n) is 4.38. The number of hydrogen-bond acceptors (Lipinski definition) is 4. The lowest BCUT2D eigenvalue weighted by atomic mass is 10.0. The van der Waals surface area contributed by atoms with Crippen molar-refractivity contribution in [1.29, 1.82) is 0 Å². The number of ether oxygens (including phenoxy) is 1. The van der Waals surface area contributed by atoms with Crippen molar-refractivity contribution < 1.29 is 9.53 Å². The fourth-order valence-electron chi connectivity index (χ4n) is 2.25. The summed E-state index contributed by atoms with van der Waals surface area (Å²) in [5.74, 6) is -0.272. The van der Waals surface area contributed by atoms with E-state index < -0.39 is 6.04 Å². The summed E-state index contributed by atoms with van der Waals surface area (Å²) in [6.45, 7) is 3.32. The van der Waals surface area contributed by atoms with Crippen LogP contribution in [0.4, 0.5) is 0 Å². The minimum absolute atomic E-state index is 0.272. The van der Waals surface area contributed by atoms with Gasteiger partial charge in [0, 0.05) is 35.7 Å². The van der Waals surface area contributed by atoms with Crippen LogP contribution in [0.3, 0.4) is 0 Å². The maximum atomic E-state index is 12.1. The third-order valence-corrected chi connectivity index (χ3v) is 4.02. The van der Waals surface area contributed by atoms with Gasteiger partial charge in [-0.25, -0.2) is 4.79 Å². The summed E-state index contributed by atoms with van der Waals surface area (Å²) in [4.78, 5) is 14.2. The molecule has 1 unspecified atom stereocenters. The second-order valence-corrected chi connectivity index (χ2v) is 5.70. The van der Waals surface area contributed by atoms with Gasteiger partial charge < -0.3 is 10.1 Å². The Bertz CT molecular complexity index is 464. The molecule has 4 nitrogen and oxygen atoms in total. The lowest BCUT2D eigenvalue weighted by molar-refractivity contribution is -0.147. The topological polar surface area (TPSA) is 41.6 Å². The van der Waals surface area contributed by atoms with Crippen molar-refractivity contribution in [3.8, 4) is 0 Å². The molecule has 1 atom stereocenters. The van der Waals surface area contributed by atoms with Gasteiger partial charge in [-0.05, 0) is 17.7 Å². The predicted molar refractivity (Wildman–Crippen MR) is 78.4 cm³/mol. The van der Waals surface area contributed by atoms with E-state index in [4.69, 9.17) is 16.3 Å². The second kappa shape index (κ2) is 6.70. The monoisotopic (exact) mass is 346 g/mol. The number of nitrogens with one attached hydrogen (secondary N) is 1. The Hall–Kier alpha value is -0.620. The van der Waals surface area contributed by atoms with Crippen LogP contribution in [-0.4, -0.2) is 44.2 Å². The highest BCUT2D eigenvalue weighted by Crippen LogP contribution is 2.31. The van der Waals surface area contributed by atoms with Gasteiger partial charge in [0.05, 0.1) is 7.11 Å². The van der Waals surface area contributed by atoms with Gasteiger partial charge in [-0.1, -0.05) is 33.6 Å². The van der Waals surface area contributed by atoms with Crippen LogP contribution in [0.15, 0.2) is 22.7 Å². The molecule has 1 aliphatic heterocycles. The molecule has 0 aromatic heterocycles. The molecular weight excluding hydrogens is 332 g/mol. The zero-order valence-electron chi connectivity index (χ0n) is 10.7. The number of piperazine rings is 1. The largest absolute Gasteiger partial charge is 0.468 e. The SMILES string of the molecule is COC(=O)C(c1ccc(Br)cc1Cl)N1CCNCC1. The fourth-order valence-corrected chi connectivity index (χ4v) is 3.02. The molecule has 0 amide bonds. The van der Waals surface area contributed by atoms with Crippen molar-refractivity contribution in [2.45, 2.75) is 6.04 Å². The number of nitrogens with zero attached hydrogens (tertiary/aromatic N) is 1. The van der Waals surface area contributed by atoms with E-state index >= 15 is 0 Å². The van der Waals surface area contributed by atoms with Gasteiger partial charge in [-0.15, -0.1) is 0 Å². The van der Waals surface area contributed by atoms with E-state index in [1.54, 1.807) is 6.07 Å². The smallest absolute Gasteiger partial charge is 0.327 e. The Morgan fingerprint density at radius 3 is 2.74 bits per heavy atom. The van der Waals surface area contributed by atoms with Crippen molar-refractivity contribution in [2.75, 3.05) is 33.3 Å². The van der Waals surface area contributed by atoms with E-state index in [0.29, 0.717) is 5.02 Å². The highest BCUT2D eigenvalue weighted by Gasteiger charge is 2.31. The number of benzene rings is 1. The molecule has 2 rings (SSSR count). The van der Waals surface area contributed by atoms with Gasteiger partial charge in [0.15, 0.2) is 0 Å². The van der Waals surface area contributed by atoms with E-state index in [9.17, 15) is 4.79 Å². The molecule has 0 aliphatic carbocycles. The molecule has 1 saturated heterocycles. The summed E-state index contributed by atoms with van der Waals surface area (Å²) in [6.07, 6.45) is 0. The first-order chi connectivity index (χ1) is 9.13. The standard InChI is InChI=1S/C13H16BrClN2O2/c1-19-13(18)12(17-6-4-16-5-7-17)10-3-2-9(14)8-11(10)15/h2-3,8,12,16H,4-7H2,1H3. The molecular formula is C13H16BrClN2O2. The van der Waals surface area contributed by atoms with E-state index in [0.717, 1.165) is 36.2 Å². The number of hydrogen-bond donors (Lipinski definition) is 1. The lowest BCUT2D eigenvalue weighted by Crippen LogP contribution is -2.47. The summed E-state index contributed by atoms with van der Waals surface area (Å²) < 4.78 is 5.83. The third kappa shape index (κ3) is 3.48. The van der Waals surface area contributed by atoms with Crippen molar-refractivity contribution in [2.24, 2.45) is 0 Å². The summed E-state index contributed by atoms with van der Waals surface area (Å²) in [5, 5.41) is 3.84. The first kappa shape index (κ1) is 14.8. The molecule has 1 aromatic carbocycles. The predicted octanol–water partition coefficient (Wildman–Crippen LogP) is 2.22. The molecule has 1 fully saturated rings. The van der Waals surface area contributed by atoms with Crippen molar-refractivity contribution in [3.05, 3.63) is 33.3 Å². The van der Waals surface area contributed by atoms with Gasteiger partial charge in [-0.3, -0.25) is 4.90 Å². The fraction of sp³-hybridized carbons (Fsp3) is 0.462. The zero-order valence-corrected chi connectivity index (χ0v) is 13.0. The molecule has 1 heterocycles. The first-order valence-electron chi connectivity index (χ1n) is 6.11. The number of rotatable bonds is 3. The molecule has 1 aliphatic rings. The van der Waals surface area contributed by atoms with Crippen molar-refractivity contribution in [1.82, 2.24) is 10.2 Å². The zero-order chi connectivity index (χ0) is 13.8. The lowest BCUT2D eigenvalue weighted by Gasteiger charge is -2.33. The van der Waals surface area contributed by atoms with E-state index in [-0.39, 0.29) is 5.97 Å². The van der Waals surface area contributed by atoms with E-state index in [1.807, 2.05) is 12.1 Å². The minimum Gasteiger partial charge on any atom is -0.468 e. The first-order valence-corrected chi connectivity index (χ1v) is 7.28. The molecule has 0 saturated carbocycles. The Morgan fingerprint density at radius 1 is 1.47 bits per heavy atom. The molecule has 1 N–H and O–H groups in total. The van der Waals surface area contributed by atoms with Gasteiger partial charge >= 0.3 is 5.97 Å². The quantitative estimate of drug-likeness (QED) is 0.851. The van der Waals surface area contributed by atoms with Gasteiger partial charge in [0.1, 0.15) is 6.04 Å². The summed E-state index contributed by atoms with van der Waals surface area (Å²) in [5.41, 5.74) is 0.790. The third-order valence-electron chi connectivity index (χ3n) is 3.20. The Balaban J connectivity index is 2.33. The normalized spacial score (nSPS) is 18.1. The summed E-state index contributed by atoms with van der Waals surface area (Å²) in [6, 6.07) is 5.12. The number of carbonyl (C=O) groups excluding carboxylic acids is 1. The van der Waals surface area contributed by atoms with Crippen molar-refractivity contribution in [3.63, 3.8) is 0 Å². The van der Waals surface area contributed by atoms with Crippen LogP contribution in [0.2, 0.25) is 5.02 Å². The molecule has 0 spiro atoms. The average Bonchev–Trinajstić information content (AvgIpc) is 2.42. The Kier molecular flexibility index (Phi) is 5.21. The van der Waals surface area contributed by atoms with Gasteiger partial charge in [0.25, 0.3) is 0 Å². The van der Waals surface area contributed by atoms with E-state index in [2.05, 4.69) is 26.1 Å². The van der Waals surface area contributed by atoms with Gasteiger partial charge in [0.2, 0.25) is 0 Å². The van der Waals surface area contributed by atoms with Crippen LogP contribution >= 0.6 is 27.5 Å². The van der Waals surface area contributed by atoms with Crippen molar-refractivity contribution >= 4 is 33.5 Å². The molecule has 104 valence electrons. The molecule has 0 radical (unpaired) electrons. The van der Waals surface area contributed by atoms with E-state index in [1.165, 1.54) is 7.11 Å². The summed E-state index contributed by atoms with van der Waals surface area (Å²) in [7, 11) is 1.41. The number of halogens is 2. The average molecular weight is 348 g/mol.